The van der Waals surface area contributed by atoms with Crippen LogP contribution >= 0.6 is 22.9 Å². The van der Waals surface area contributed by atoms with Crippen molar-refractivity contribution < 1.29 is 5.11 Å². The Bertz CT molecular complexity index is 567. The fraction of sp³-hybridized carbons (Fsp3) is 0.333. The zero-order valence-electron chi connectivity index (χ0n) is 11.1. The van der Waals surface area contributed by atoms with Crippen molar-refractivity contribution in [3.63, 3.8) is 0 Å². The zero-order valence-corrected chi connectivity index (χ0v) is 12.6. The average Bonchev–Trinajstić information content (AvgIpc) is 2.80. The Balaban J connectivity index is 2.34. The van der Waals surface area contributed by atoms with Gasteiger partial charge in [-0.25, -0.2) is 0 Å². The van der Waals surface area contributed by atoms with E-state index in [1.165, 1.54) is 22.5 Å². The standard InChI is InChI=1S/C15H18ClNOS/c1-9-3-4-11(7-10(9)2)12(8-17)14(18)15-13(16)5-6-19-15/h3-7,12,14,18H,8,17H2,1-2H3. The molecule has 2 aromatic rings. The van der Waals surface area contributed by atoms with Crippen LogP contribution in [0.1, 0.15) is 33.6 Å². The van der Waals surface area contributed by atoms with E-state index >= 15 is 0 Å². The summed E-state index contributed by atoms with van der Waals surface area (Å²) in [5.74, 6) is -0.129. The number of nitrogens with two attached hydrogens (primary N) is 1. The van der Waals surface area contributed by atoms with Crippen molar-refractivity contribution in [2.24, 2.45) is 5.73 Å². The van der Waals surface area contributed by atoms with Crippen molar-refractivity contribution in [1.29, 1.82) is 0 Å². The molecule has 0 aliphatic rings. The van der Waals surface area contributed by atoms with Gasteiger partial charge in [0, 0.05) is 12.5 Å². The quantitative estimate of drug-likeness (QED) is 0.901. The molecule has 0 spiro atoms. The fourth-order valence-electron chi connectivity index (χ4n) is 2.14. The van der Waals surface area contributed by atoms with Gasteiger partial charge in [-0.1, -0.05) is 29.8 Å². The topological polar surface area (TPSA) is 46.2 Å². The molecule has 0 saturated heterocycles. The highest BCUT2D eigenvalue weighted by Gasteiger charge is 2.24. The number of aliphatic hydroxyl groups is 1. The summed E-state index contributed by atoms with van der Waals surface area (Å²) in [7, 11) is 0. The number of halogens is 1. The number of rotatable bonds is 4. The molecule has 2 atom stereocenters. The summed E-state index contributed by atoms with van der Waals surface area (Å²) < 4.78 is 0. The molecule has 2 rings (SSSR count). The largest absolute Gasteiger partial charge is 0.387 e. The van der Waals surface area contributed by atoms with E-state index in [-0.39, 0.29) is 5.92 Å². The Kier molecular flexibility index (Phi) is 4.63. The molecule has 0 aliphatic carbocycles. The van der Waals surface area contributed by atoms with Gasteiger partial charge in [0.05, 0.1) is 16.0 Å². The fourth-order valence-corrected chi connectivity index (χ4v) is 3.36. The van der Waals surface area contributed by atoms with Gasteiger partial charge in [0.2, 0.25) is 0 Å². The number of thiophene rings is 1. The molecule has 0 amide bonds. The first-order valence-electron chi connectivity index (χ1n) is 6.22. The molecule has 0 radical (unpaired) electrons. The van der Waals surface area contributed by atoms with Crippen LogP contribution < -0.4 is 5.73 Å². The van der Waals surface area contributed by atoms with Gasteiger partial charge in [0.1, 0.15) is 0 Å². The van der Waals surface area contributed by atoms with Crippen LogP contribution in [0.4, 0.5) is 0 Å². The molecular weight excluding hydrogens is 278 g/mol. The van der Waals surface area contributed by atoms with Crippen molar-refractivity contribution >= 4 is 22.9 Å². The summed E-state index contributed by atoms with van der Waals surface area (Å²) in [6, 6.07) is 8.00. The minimum atomic E-state index is -0.653. The summed E-state index contributed by atoms with van der Waals surface area (Å²) >= 11 is 7.56. The molecule has 0 bridgehead atoms. The Morgan fingerprint density at radius 2 is 2.00 bits per heavy atom. The molecule has 0 saturated carbocycles. The van der Waals surface area contributed by atoms with Gasteiger partial charge in [-0.3, -0.25) is 0 Å². The second-order valence-electron chi connectivity index (χ2n) is 4.76. The molecule has 102 valence electrons. The Morgan fingerprint density at radius 1 is 1.26 bits per heavy atom. The van der Waals surface area contributed by atoms with Gasteiger partial charge >= 0.3 is 0 Å². The molecule has 1 heterocycles. The van der Waals surface area contributed by atoms with Gasteiger partial charge in [0.15, 0.2) is 0 Å². The third-order valence-electron chi connectivity index (χ3n) is 3.51. The van der Waals surface area contributed by atoms with E-state index in [4.69, 9.17) is 17.3 Å². The molecule has 2 nitrogen and oxygen atoms in total. The van der Waals surface area contributed by atoms with Gasteiger partial charge in [-0.2, -0.15) is 0 Å². The van der Waals surface area contributed by atoms with Gasteiger partial charge in [-0.15, -0.1) is 11.3 Å². The van der Waals surface area contributed by atoms with Crippen molar-refractivity contribution in [1.82, 2.24) is 0 Å². The van der Waals surface area contributed by atoms with Crippen LogP contribution in [-0.2, 0) is 0 Å². The van der Waals surface area contributed by atoms with E-state index in [1.807, 2.05) is 11.4 Å². The van der Waals surface area contributed by atoms with Crippen molar-refractivity contribution in [2.75, 3.05) is 6.54 Å². The predicted octanol–water partition coefficient (Wildman–Crippen LogP) is 3.79. The summed E-state index contributed by atoms with van der Waals surface area (Å²) in [6.45, 7) is 4.53. The first-order valence-corrected chi connectivity index (χ1v) is 7.48. The van der Waals surface area contributed by atoms with E-state index in [0.717, 1.165) is 10.4 Å². The normalized spacial score (nSPS) is 14.4. The second kappa shape index (κ2) is 6.06. The van der Waals surface area contributed by atoms with E-state index in [2.05, 4.69) is 26.0 Å². The van der Waals surface area contributed by atoms with E-state index in [1.54, 1.807) is 6.07 Å². The van der Waals surface area contributed by atoms with Crippen molar-refractivity contribution in [3.05, 3.63) is 56.2 Å². The number of aryl methyl sites for hydroxylation is 2. The maximum atomic E-state index is 10.5. The highest BCUT2D eigenvalue weighted by molar-refractivity contribution is 7.10. The first-order chi connectivity index (χ1) is 9.04. The molecule has 19 heavy (non-hydrogen) atoms. The summed E-state index contributed by atoms with van der Waals surface area (Å²) in [5.41, 5.74) is 9.36. The number of hydrogen-bond donors (Lipinski definition) is 2. The molecule has 1 aromatic heterocycles. The van der Waals surface area contributed by atoms with Gasteiger partial charge in [-0.05, 0) is 42.0 Å². The van der Waals surface area contributed by atoms with E-state index in [9.17, 15) is 5.11 Å². The van der Waals surface area contributed by atoms with Crippen LogP contribution in [-0.4, -0.2) is 11.7 Å². The van der Waals surface area contributed by atoms with Crippen molar-refractivity contribution in [3.8, 4) is 0 Å². The van der Waals surface area contributed by atoms with Crippen LogP contribution in [0.25, 0.3) is 0 Å². The lowest BCUT2D eigenvalue weighted by atomic mass is 9.90. The molecular formula is C15H18ClNOS. The lowest BCUT2D eigenvalue weighted by Gasteiger charge is -2.22. The Hall–Kier alpha value is -0.870. The van der Waals surface area contributed by atoms with Crippen LogP contribution in [0.3, 0.4) is 0 Å². The van der Waals surface area contributed by atoms with Crippen LogP contribution in [0.15, 0.2) is 29.6 Å². The third kappa shape index (κ3) is 3.00. The third-order valence-corrected chi connectivity index (χ3v) is 4.94. The minimum absolute atomic E-state index is 0.129. The average molecular weight is 296 g/mol. The smallest absolute Gasteiger partial charge is 0.0977 e. The number of benzene rings is 1. The Labute approximate surface area is 122 Å². The molecule has 3 N–H and O–H groups in total. The van der Waals surface area contributed by atoms with Crippen LogP contribution in [0.2, 0.25) is 5.02 Å². The summed E-state index contributed by atoms with van der Waals surface area (Å²) in [5, 5.41) is 13.0. The van der Waals surface area contributed by atoms with Crippen LogP contribution in [0.5, 0.6) is 0 Å². The maximum Gasteiger partial charge on any atom is 0.0977 e. The molecule has 0 aliphatic heterocycles. The lowest BCUT2D eigenvalue weighted by molar-refractivity contribution is 0.151. The second-order valence-corrected chi connectivity index (χ2v) is 6.12. The number of aliphatic hydroxyl groups excluding tert-OH is 1. The first kappa shape index (κ1) is 14.5. The SMILES string of the molecule is Cc1ccc(C(CN)C(O)c2sccc2Cl)cc1C. The Morgan fingerprint density at radius 3 is 2.53 bits per heavy atom. The van der Waals surface area contributed by atoms with Gasteiger partial charge < -0.3 is 10.8 Å². The van der Waals surface area contributed by atoms with Gasteiger partial charge in [0.25, 0.3) is 0 Å². The zero-order chi connectivity index (χ0) is 14.0. The summed E-state index contributed by atoms with van der Waals surface area (Å²) in [4.78, 5) is 0.787. The molecule has 4 heteroatoms. The molecule has 1 aromatic carbocycles. The molecule has 2 unspecified atom stereocenters. The minimum Gasteiger partial charge on any atom is -0.387 e. The summed E-state index contributed by atoms with van der Waals surface area (Å²) in [6.07, 6.45) is -0.653. The highest BCUT2D eigenvalue weighted by Crippen LogP contribution is 2.37. The predicted molar refractivity (Wildman–Crippen MR) is 82.0 cm³/mol. The monoisotopic (exact) mass is 295 g/mol. The lowest BCUT2D eigenvalue weighted by Crippen LogP contribution is -2.20. The van der Waals surface area contributed by atoms with E-state index < -0.39 is 6.10 Å². The molecule has 0 fully saturated rings. The van der Waals surface area contributed by atoms with Crippen LogP contribution in [0, 0.1) is 13.8 Å². The van der Waals surface area contributed by atoms with E-state index in [0.29, 0.717) is 11.6 Å². The maximum absolute atomic E-state index is 10.5. The number of hydrogen-bond acceptors (Lipinski definition) is 3. The van der Waals surface area contributed by atoms with Crippen molar-refractivity contribution in [2.45, 2.75) is 25.9 Å². The highest BCUT2D eigenvalue weighted by atomic mass is 35.5.